The molecule has 0 N–H and O–H groups in total. The van der Waals surface area contributed by atoms with Crippen LogP contribution in [0.4, 0.5) is 0 Å². The lowest BCUT2D eigenvalue weighted by atomic mass is 9.90. The fourth-order valence-electron chi connectivity index (χ4n) is 6.80. The van der Waals surface area contributed by atoms with E-state index in [1.165, 1.54) is 231 Å². The van der Waals surface area contributed by atoms with E-state index >= 15 is 0 Å². The van der Waals surface area contributed by atoms with Crippen LogP contribution in [0.2, 0.25) is 0 Å². The zero-order valence-electron chi connectivity index (χ0n) is 29.0. The smallest absolute Gasteiger partial charge is 0.0414 e. The molecule has 0 heterocycles. The quantitative estimate of drug-likeness (QED) is 0.0666. The summed E-state index contributed by atoms with van der Waals surface area (Å²) < 4.78 is 0. The molecule has 0 aromatic carbocycles. The lowest BCUT2D eigenvalue weighted by molar-refractivity contribution is 0.376. The van der Waals surface area contributed by atoms with Crippen molar-refractivity contribution in [2.75, 3.05) is 0 Å². The first-order chi connectivity index (χ1) is 19.8. The molecule has 0 rings (SSSR count). The summed E-state index contributed by atoms with van der Waals surface area (Å²) in [6.45, 7) is 7.02. The second-order valence-electron chi connectivity index (χ2n) is 13.8. The lowest BCUT2D eigenvalue weighted by Crippen LogP contribution is -2.00. The molecule has 242 valence electrons. The van der Waals surface area contributed by atoms with Crippen molar-refractivity contribution in [3.8, 4) is 0 Å². The van der Waals surface area contributed by atoms with Gasteiger partial charge in [0.1, 0.15) is 0 Å². The zero-order valence-corrected chi connectivity index (χ0v) is 29.0. The van der Waals surface area contributed by atoms with Crippen LogP contribution in [0.25, 0.3) is 0 Å². The summed E-state index contributed by atoms with van der Waals surface area (Å²) in [4.78, 5) is 0. The van der Waals surface area contributed by atoms with Crippen LogP contribution in [0.15, 0.2) is 0 Å². The highest BCUT2D eigenvalue weighted by Gasteiger charge is 2.07. The fourth-order valence-corrected chi connectivity index (χ4v) is 6.80. The topological polar surface area (TPSA) is 0 Å². The van der Waals surface area contributed by atoms with E-state index in [0.717, 1.165) is 5.92 Å². The van der Waals surface area contributed by atoms with Crippen molar-refractivity contribution in [3.63, 3.8) is 0 Å². The van der Waals surface area contributed by atoms with Gasteiger partial charge in [-0.15, -0.1) is 0 Å². The van der Waals surface area contributed by atoms with Crippen molar-refractivity contribution in [1.82, 2.24) is 0 Å². The average Bonchev–Trinajstić information content (AvgIpc) is 2.96. The summed E-state index contributed by atoms with van der Waals surface area (Å²) in [5, 5.41) is 0. The van der Waals surface area contributed by atoms with Crippen LogP contribution in [0, 0.1) is 5.92 Å². The Hall–Kier alpha value is 0. The first-order valence-electron chi connectivity index (χ1n) is 19.8. The van der Waals surface area contributed by atoms with Gasteiger partial charge < -0.3 is 0 Å². The second-order valence-corrected chi connectivity index (χ2v) is 13.8. The van der Waals surface area contributed by atoms with E-state index < -0.39 is 0 Å². The molecule has 0 fully saturated rings. The summed E-state index contributed by atoms with van der Waals surface area (Å²) in [6.07, 6.45) is 53.3. The van der Waals surface area contributed by atoms with Gasteiger partial charge in [-0.25, -0.2) is 0 Å². The van der Waals surface area contributed by atoms with E-state index in [1.807, 2.05) is 0 Å². The van der Waals surface area contributed by atoms with Crippen molar-refractivity contribution >= 4 is 0 Å². The molecular formula is C40H82. The SMILES string of the molecule is CCCCCCCCCCCCCCCCCCC(CCC)CCCCCCCCCCCCCCCCCC. The Morgan fingerprint density at radius 1 is 0.200 bits per heavy atom. The molecule has 40 heavy (non-hydrogen) atoms. The van der Waals surface area contributed by atoms with Crippen LogP contribution in [0.5, 0.6) is 0 Å². The number of unbranched alkanes of at least 4 members (excludes halogenated alkanes) is 30. The third-order valence-electron chi connectivity index (χ3n) is 9.63. The van der Waals surface area contributed by atoms with Crippen LogP contribution < -0.4 is 0 Å². The predicted molar refractivity (Wildman–Crippen MR) is 187 cm³/mol. The van der Waals surface area contributed by atoms with Gasteiger partial charge in [-0.2, -0.15) is 0 Å². The molecular weight excluding hydrogens is 480 g/mol. The van der Waals surface area contributed by atoms with E-state index in [-0.39, 0.29) is 0 Å². The van der Waals surface area contributed by atoms with Gasteiger partial charge in [0.2, 0.25) is 0 Å². The van der Waals surface area contributed by atoms with Gasteiger partial charge in [0.25, 0.3) is 0 Å². The van der Waals surface area contributed by atoms with Gasteiger partial charge in [-0.3, -0.25) is 0 Å². The van der Waals surface area contributed by atoms with E-state index in [9.17, 15) is 0 Å². The highest BCUT2D eigenvalue weighted by atomic mass is 14.1. The Kier molecular flexibility index (Phi) is 37.0. The largest absolute Gasteiger partial charge is 0.0654 e. The molecule has 0 aliphatic heterocycles. The van der Waals surface area contributed by atoms with Crippen LogP contribution in [-0.4, -0.2) is 0 Å². The molecule has 0 aromatic heterocycles. The average molecular weight is 563 g/mol. The molecule has 0 nitrogen and oxygen atoms in total. The maximum absolute atomic E-state index is 2.40. The number of rotatable bonds is 36. The van der Waals surface area contributed by atoms with Crippen LogP contribution in [0.3, 0.4) is 0 Å². The summed E-state index contributed by atoms with van der Waals surface area (Å²) in [5.74, 6) is 1.03. The van der Waals surface area contributed by atoms with Crippen molar-refractivity contribution in [1.29, 1.82) is 0 Å². The first-order valence-corrected chi connectivity index (χ1v) is 19.8. The molecule has 0 saturated heterocycles. The third-order valence-corrected chi connectivity index (χ3v) is 9.63. The molecule has 0 unspecified atom stereocenters. The molecule has 0 heteroatoms. The number of hydrogen-bond donors (Lipinski definition) is 0. The summed E-state index contributed by atoms with van der Waals surface area (Å²) in [6, 6.07) is 0. The highest BCUT2D eigenvalue weighted by molar-refractivity contribution is 4.61. The van der Waals surface area contributed by atoms with E-state index in [0.29, 0.717) is 0 Å². The lowest BCUT2D eigenvalue weighted by Gasteiger charge is -2.16. The Balaban J connectivity index is 3.35. The summed E-state index contributed by atoms with van der Waals surface area (Å²) >= 11 is 0. The van der Waals surface area contributed by atoms with Gasteiger partial charge in [0, 0.05) is 0 Å². The zero-order chi connectivity index (χ0) is 29.0. The van der Waals surface area contributed by atoms with Crippen molar-refractivity contribution in [2.24, 2.45) is 5.92 Å². The minimum absolute atomic E-state index is 1.03. The Morgan fingerprint density at radius 3 is 0.600 bits per heavy atom. The van der Waals surface area contributed by atoms with E-state index in [1.54, 1.807) is 0 Å². The molecule has 0 atom stereocenters. The normalized spacial score (nSPS) is 11.7. The molecule has 0 aromatic rings. The van der Waals surface area contributed by atoms with Crippen molar-refractivity contribution in [2.45, 2.75) is 252 Å². The van der Waals surface area contributed by atoms with Gasteiger partial charge in [-0.1, -0.05) is 252 Å². The summed E-state index contributed by atoms with van der Waals surface area (Å²) in [7, 11) is 0. The first kappa shape index (κ1) is 40.0. The Bertz CT molecular complexity index is 376. The van der Waals surface area contributed by atoms with E-state index in [4.69, 9.17) is 0 Å². The molecule has 0 spiro atoms. The third kappa shape index (κ3) is 34.2. The Labute approximate surface area is 257 Å². The molecule has 0 aliphatic rings. The van der Waals surface area contributed by atoms with E-state index in [2.05, 4.69) is 20.8 Å². The maximum atomic E-state index is 2.40. The maximum Gasteiger partial charge on any atom is -0.0414 e. The molecule has 0 saturated carbocycles. The van der Waals surface area contributed by atoms with Gasteiger partial charge in [0.15, 0.2) is 0 Å². The fraction of sp³-hybridized carbons (Fsp3) is 1.00. The van der Waals surface area contributed by atoms with Crippen LogP contribution in [0.1, 0.15) is 252 Å². The highest BCUT2D eigenvalue weighted by Crippen LogP contribution is 2.23. The van der Waals surface area contributed by atoms with Gasteiger partial charge in [-0.05, 0) is 5.92 Å². The molecule has 0 radical (unpaired) electrons. The van der Waals surface area contributed by atoms with Crippen LogP contribution in [-0.2, 0) is 0 Å². The van der Waals surface area contributed by atoms with Crippen LogP contribution >= 0.6 is 0 Å². The van der Waals surface area contributed by atoms with Gasteiger partial charge >= 0.3 is 0 Å². The molecule has 0 aliphatic carbocycles. The predicted octanol–water partition coefficient (Wildman–Crippen LogP) is 15.7. The number of hydrogen-bond acceptors (Lipinski definition) is 0. The Morgan fingerprint density at radius 2 is 0.400 bits per heavy atom. The molecule has 0 bridgehead atoms. The summed E-state index contributed by atoms with van der Waals surface area (Å²) in [5.41, 5.74) is 0. The second kappa shape index (κ2) is 37.0. The molecule has 0 amide bonds. The minimum atomic E-state index is 1.03. The van der Waals surface area contributed by atoms with Gasteiger partial charge in [0.05, 0.1) is 0 Å². The minimum Gasteiger partial charge on any atom is -0.0654 e. The monoisotopic (exact) mass is 563 g/mol. The van der Waals surface area contributed by atoms with Crippen molar-refractivity contribution < 1.29 is 0 Å². The standard InChI is InChI=1S/C40H82/c1-4-7-9-11-13-15-17-19-21-23-25-27-29-31-33-35-38-40(37-6-3)39-36-34-32-30-28-26-24-22-20-18-16-14-12-10-8-5-2/h40H,4-39H2,1-3H3. The van der Waals surface area contributed by atoms with Crippen molar-refractivity contribution in [3.05, 3.63) is 0 Å².